The van der Waals surface area contributed by atoms with E-state index < -0.39 is 11.7 Å². The molecule has 0 aliphatic heterocycles. The Kier molecular flexibility index (Phi) is 3.98. The lowest BCUT2D eigenvalue weighted by atomic mass is 10.0. The van der Waals surface area contributed by atoms with Crippen molar-refractivity contribution >= 4 is 0 Å². The van der Waals surface area contributed by atoms with Crippen LogP contribution in [-0.2, 0) is 0 Å². The molecule has 0 saturated heterocycles. The van der Waals surface area contributed by atoms with Crippen LogP contribution < -0.4 is 0 Å². The SMILES string of the molecule is C=C/C(=C\C(=C)C(C)C)C(F)(F)F. The molecule has 3 heteroatoms. The minimum Gasteiger partial charge on any atom is -0.166 e. The third-order valence-electron chi connectivity index (χ3n) is 1.63. The fraction of sp³-hybridized carbons (Fsp3) is 0.400. The van der Waals surface area contributed by atoms with Gasteiger partial charge in [0.1, 0.15) is 0 Å². The van der Waals surface area contributed by atoms with Gasteiger partial charge in [-0.25, -0.2) is 0 Å². The standard InChI is InChI=1S/C10H13F3/c1-5-9(10(11,12)13)6-8(4)7(2)3/h5-7H,1,4H2,2-3H3/b9-6+. The molecule has 0 aromatic rings. The molecule has 0 aromatic heterocycles. The summed E-state index contributed by atoms with van der Waals surface area (Å²) >= 11 is 0. The van der Waals surface area contributed by atoms with Crippen LogP contribution in [0.15, 0.2) is 36.5 Å². The van der Waals surface area contributed by atoms with Crippen LogP contribution >= 0.6 is 0 Å². The number of hydrogen-bond acceptors (Lipinski definition) is 0. The number of alkyl halides is 3. The minimum atomic E-state index is -4.33. The van der Waals surface area contributed by atoms with Crippen molar-refractivity contribution in [2.75, 3.05) is 0 Å². The summed E-state index contributed by atoms with van der Waals surface area (Å²) in [5.41, 5.74) is -0.293. The smallest absolute Gasteiger partial charge is 0.166 e. The second kappa shape index (κ2) is 4.30. The average Bonchev–Trinajstić information content (AvgIpc) is 1.96. The van der Waals surface area contributed by atoms with Crippen LogP contribution in [0.25, 0.3) is 0 Å². The highest BCUT2D eigenvalue weighted by Gasteiger charge is 2.31. The third kappa shape index (κ3) is 3.97. The Hall–Kier alpha value is -0.990. The van der Waals surface area contributed by atoms with Crippen molar-refractivity contribution in [2.24, 2.45) is 5.92 Å². The van der Waals surface area contributed by atoms with Crippen molar-refractivity contribution in [1.29, 1.82) is 0 Å². The summed E-state index contributed by atoms with van der Waals surface area (Å²) in [4.78, 5) is 0. The zero-order valence-corrected chi connectivity index (χ0v) is 7.78. The van der Waals surface area contributed by atoms with Crippen LogP contribution in [0.5, 0.6) is 0 Å². The predicted molar refractivity (Wildman–Crippen MR) is 48.3 cm³/mol. The first-order chi connectivity index (χ1) is 5.79. The Labute approximate surface area is 76.5 Å². The van der Waals surface area contributed by atoms with Gasteiger partial charge in [0.15, 0.2) is 0 Å². The minimum absolute atomic E-state index is 0.0114. The van der Waals surface area contributed by atoms with Crippen LogP contribution in [0.3, 0.4) is 0 Å². The van der Waals surface area contributed by atoms with Crippen molar-refractivity contribution in [1.82, 2.24) is 0 Å². The molecule has 0 heterocycles. The molecule has 74 valence electrons. The zero-order valence-electron chi connectivity index (χ0n) is 7.78. The van der Waals surface area contributed by atoms with Crippen molar-refractivity contribution in [3.8, 4) is 0 Å². The van der Waals surface area contributed by atoms with E-state index in [0.717, 1.165) is 12.2 Å². The first-order valence-electron chi connectivity index (χ1n) is 3.89. The third-order valence-corrected chi connectivity index (χ3v) is 1.63. The molecule has 0 aliphatic carbocycles. The van der Waals surface area contributed by atoms with Crippen LogP contribution in [-0.4, -0.2) is 6.18 Å². The number of halogens is 3. The van der Waals surface area contributed by atoms with E-state index >= 15 is 0 Å². The fourth-order valence-electron chi connectivity index (χ4n) is 0.623. The van der Waals surface area contributed by atoms with Crippen LogP contribution in [0, 0.1) is 5.92 Å². The maximum Gasteiger partial charge on any atom is 0.416 e. The van der Waals surface area contributed by atoms with Gasteiger partial charge in [-0.1, -0.05) is 38.7 Å². The second-order valence-corrected chi connectivity index (χ2v) is 3.03. The highest BCUT2D eigenvalue weighted by Crippen LogP contribution is 2.28. The van der Waals surface area contributed by atoms with E-state index in [0.29, 0.717) is 5.57 Å². The molecular formula is C10H13F3. The summed E-state index contributed by atoms with van der Waals surface area (Å²) in [6.07, 6.45) is -2.51. The van der Waals surface area contributed by atoms with E-state index in [4.69, 9.17) is 0 Å². The molecule has 0 nitrogen and oxygen atoms in total. The van der Waals surface area contributed by atoms with Gasteiger partial charge in [-0.15, -0.1) is 0 Å². The fourth-order valence-corrected chi connectivity index (χ4v) is 0.623. The lowest BCUT2D eigenvalue weighted by Crippen LogP contribution is -2.10. The van der Waals surface area contributed by atoms with E-state index in [1.807, 2.05) is 0 Å². The highest BCUT2D eigenvalue weighted by molar-refractivity contribution is 5.31. The van der Waals surface area contributed by atoms with Gasteiger partial charge >= 0.3 is 6.18 Å². The van der Waals surface area contributed by atoms with Gasteiger partial charge in [0.05, 0.1) is 5.57 Å². The molecule has 0 radical (unpaired) electrons. The molecule has 0 aromatic carbocycles. The normalized spacial score (nSPS) is 13.2. The van der Waals surface area contributed by atoms with E-state index in [-0.39, 0.29) is 5.92 Å². The van der Waals surface area contributed by atoms with Gasteiger partial charge in [0, 0.05) is 0 Å². The lowest BCUT2D eigenvalue weighted by molar-refractivity contribution is -0.0882. The molecule has 13 heavy (non-hydrogen) atoms. The quantitative estimate of drug-likeness (QED) is 0.592. The van der Waals surface area contributed by atoms with E-state index in [1.54, 1.807) is 13.8 Å². The number of hydrogen-bond donors (Lipinski definition) is 0. The van der Waals surface area contributed by atoms with Crippen molar-refractivity contribution in [3.63, 3.8) is 0 Å². The van der Waals surface area contributed by atoms with Gasteiger partial charge in [-0.3, -0.25) is 0 Å². The first kappa shape index (κ1) is 12.0. The van der Waals surface area contributed by atoms with Crippen molar-refractivity contribution < 1.29 is 13.2 Å². The summed E-state index contributed by atoms with van der Waals surface area (Å²) in [5.74, 6) is 0.0114. The molecule has 0 spiro atoms. The molecule has 0 N–H and O–H groups in total. The lowest BCUT2D eigenvalue weighted by Gasteiger charge is -2.09. The van der Waals surface area contributed by atoms with Crippen LogP contribution in [0.2, 0.25) is 0 Å². The Morgan fingerprint density at radius 3 is 2.00 bits per heavy atom. The van der Waals surface area contributed by atoms with E-state index in [9.17, 15) is 13.2 Å². The largest absolute Gasteiger partial charge is 0.416 e. The Bertz CT molecular complexity index is 231. The molecule has 0 saturated carbocycles. The monoisotopic (exact) mass is 190 g/mol. The molecule has 0 atom stereocenters. The molecular weight excluding hydrogens is 177 g/mol. The van der Waals surface area contributed by atoms with Crippen molar-refractivity contribution in [3.05, 3.63) is 36.5 Å². The van der Waals surface area contributed by atoms with Crippen LogP contribution in [0.1, 0.15) is 13.8 Å². The predicted octanol–water partition coefficient (Wildman–Crippen LogP) is 3.87. The van der Waals surface area contributed by atoms with Gasteiger partial charge in [0.2, 0.25) is 0 Å². The zero-order chi connectivity index (χ0) is 10.6. The maximum absolute atomic E-state index is 12.2. The number of rotatable bonds is 3. The topological polar surface area (TPSA) is 0 Å². The summed E-state index contributed by atoms with van der Waals surface area (Å²) in [5, 5.41) is 0. The van der Waals surface area contributed by atoms with Crippen LogP contribution in [0.4, 0.5) is 13.2 Å². The molecule has 0 bridgehead atoms. The Morgan fingerprint density at radius 2 is 1.77 bits per heavy atom. The maximum atomic E-state index is 12.2. The second-order valence-electron chi connectivity index (χ2n) is 3.03. The van der Waals surface area contributed by atoms with Gasteiger partial charge in [-0.05, 0) is 12.0 Å². The summed E-state index contributed by atoms with van der Waals surface area (Å²) < 4.78 is 36.5. The van der Waals surface area contributed by atoms with E-state index in [2.05, 4.69) is 13.2 Å². The molecule has 0 amide bonds. The Morgan fingerprint density at radius 1 is 1.31 bits per heavy atom. The first-order valence-corrected chi connectivity index (χ1v) is 3.89. The highest BCUT2D eigenvalue weighted by atomic mass is 19.4. The molecule has 0 aliphatic rings. The summed E-state index contributed by atoms with van der Waals surface area (Å²) in [6, 6.07) is 0. The molecule has 0 unspecified atom stereocenters. The summed E-state index contributed by atoms with van der Waals surface area (Å²) in [7, 11) is 0. The molecule has 0 rings (SSSR count). The van der Waals surface area contributed by atoms with Gasteiger partial charge in [-0.2, -0.15) is 13.2 Å². The summed E-state index contributed by atoms with van der Waals surface area (Å²) in [6.45, 7) is 10.2. The van der Waals surface area contributed by atoms with Crippen molar-refractivity contribution in [2.45, 2.75) is 20.0 Å². The Balaban J connectivity index is 4.78. The van der Waals surface area contributed by atoms with E-state index in [1.165, 1.54) is 0 Å². The number of allylic oxidation sites excluding steroid dienone is 4. The van der Waals surface area contributed by atoms with Gasteiger partial charge in [0.25, 0.3) is 0 Å². The average molecular weight is 190 g/mol. The molecule has 0 fully saturated rings. The van der Waals surface area contributed by atoms with Gasteiger partial charge < -0.3 is 0 Å².